The third kappa shape index (κ3) is 3.51. The molecule has 3 heterocycles. The number of nitrogens with zero attached hydrogens (tertiary/aromatic N) is 3. The number of nitrogen functional groups attached to an aromatic ring is 1. The lowest BCUT2D eigenvalue weighted by molar-refractivity contribution is -0.166. The van der Waals surface area contributed by atoms with Gasteiger partial charge < -0.3 is 26.1 Å². The van der Waals surface area contributed by atoms with Crippen LogP contribution in [0.25, 0.3) is 0 Å². The summed E-state index contributed by atoms with van der Waals surface area (Å²) in [7, 11) is 0. The van der Waals surface area contributed by atoms with Crippen LogP contribution in [0.4, 0.5) is 5.13 Å². The number of hydrogen-bond donors (Lipinski definition) is 4. The fourth-order valence-corrected chi connectivity index (χ4v) is 4.77. The Morgan fingerprint density at radius 3 is 2.79 bits per heavy atom. The molecule has 1 unspecified atom stereocenters. The number of rotatable bonds is 6. The van der Waals surface area contributed by atoms with E-state index in [2.05, 4.69) is 15.5 Å². The summed E-state index contributed by atoms with van der Waals surface area (Å²) >= 11 is 2.19. The van der Waals surface area contributed by atoms with Crippen LogP contribution >= 0.6 is 23.1 Å². The standard InChI is InChI=1S/C15H15N5O7S2/c1-6(21)27-5-15(12(25)20-8(11(23)24)2-3-28-13(15)20)18-10(22)9(19-26)7-4-29-14(16)17-7/h2,4,13,26H,3,5H2,1H3,(H2,16,17)(H,18,22)(H,23,24)/t13-,15?/m1/s1. The molecule has 1 fully saturated rings. The Morgan fingerprint density at radius 1 is 1.52 bits per heavy atom. The van der Waals surface area contributed by atoms with Gasteiger partial charge in [-0.2, -0.15) is 0 Å². The number of esters is 1. The Labute approximate surface area is 171 Å². The predicted molar refractivity (Wildman–Crippen MR) is 101 cm³/mol. The number of aliphatic carboxylic acids is 1. The molecule has 3 rings (SSSR count). The summed E-state index contributed by atoms with van der Waals surface area (Å²) in [6.45, 7) is 0.609. The number of anilines is 1. The summed E-state index contributed by atoms with van der Waals surface area (Å²) in [6, 6.07) is 0. The number of carbonyl (C=O) groups is 4. The average molecular weight is 441 g/mol. The van der Waals surface area contributed by atoms with Crippen molar-refractivity contribution in [3.63, 3.8) is 0 Å². The number of β-lactam (4-membered cyclic amide) rings is 1. The molecule has 2 atom stereocenters. The number of carbonyl (C=O) groups excluding carboxylic acids is 3. The average Bonchev–Trinajstić information content (AvgIpc) is 3.10. The summed E-state index contributed by atoms with van der Waals surface area (Å²) < 4.78 is 4.97. The van der Waals surface area contributed by atoms with Gasteiger partial charge in [-0.15, -0.1) is 23.1 Å². The van der Waals surface area contributed by atoms with Gasteiger partial charge in [0.25, 0.3) is 11.8 Å². The van der Waals surface area contributed by atoms with Crippen molar-refractivity contribution >= 4 is 57.7 Å². The van der Waals surface area contributed by atoms with Crippen molar-refractivity contribution in [1.82, 2.24) is 15.2 Å². The predicted octanol–water partition coefficient (Wildman–Crippen LogP) is -0.795. The van der Waals surface area contributed by atoms with Gasteiger partial charge in [0.05, 0.1) is 0 Å². The molecule has 0 saturated carbocycles. The molecule has 0 radical (unpaired) electrons. The van der Waals surface area contributed by atoms with E-state index in [4.69, 9.17) is 10.5 Å². The lowest BCUT2D eigenvalue weighted by atomic mass is 9.87. The highest BCUT2D eigenvalue weighted by Crippen LogP contribution is 2.44. The second kappa shape index (κ2) is 7.71. The SMILES string of the molecule is CC(=O)OCC1(NC(=O)C(=NO)c2csc(N)n2)C(=O)N2C(C(=O)O)=CCS[C@@H]21. The van der Waals surface area contributed by atoms with Gasteiger partial charge in [0.1, 0.15) is 23.4 Å². The van der Waals surface area contributed by atoms with Crippen molar-refractivity contribution in [3.8, 4) is 0 Å². The number of aromatic nitrogens is 1. The number of carboxylic acids is 1. The lowest BCUT2D eigenvalue weighted by Gasteiger charge is -2.55. The fraction of sp³-hybridized carbons (Fsp3) is 0.333. The zero-order valence-electron chi connectivity index (χ0n) is 14.8. The molecule has 2 aliphatic rings. The zero-order chi connectivity index (χ0) is 21.3. The van der Waals surface area contributed by atoms with E-state index < -0.39 is 47.0 Å². The Balaban J connectivity index is 1.91. The van der Waals surface area contributed by atoms with Crippen LogP contribution in [0.15, 0.2) is 22.3 Å². The van der Waals surface area contributed by atoms with Gasteiger partial charge >= 0.3 is 11.9 Å². The molecule has 2 amide bonds. The van der Waals surface area contributed by atoms with Crippen LogP contribution in [0.3, 0.4) is 0 Å². The molecule has 0 bridgehead atoms. The van der Waals surface area contributed by atoms with Gasteiger partial charge in [-0.05, 0) is 6.08 Å². The number of nitrogens with two attached hydrogens (primary N) is 1. The maximum atomic E-state index is 12.9. The van der Waals surface area contributed by atoms with E-state index >= 15 is 0 Å². The van der Waals surface area contributed by atoms with Crippen molar-refractivity contribution in [1.29, 1.82) is 0 Å². The monoisotopic (exact) mass is 441 g/mol. The Hall–Kier alpha value is -3.13. The van der Waals surface area contributed by atoms with E-state index in [0.717, 1.165) is 23.2 Å². The molecule has 5 N–H and O–H groups in total. The van der Waals surface area contributed by atoms with Gasteiger partial charge in [0.2, 0.25) is 0 Å². The van der Waals surface area contributed by atoms with Crippen LogP contribution in [0.1, 0.15) is 12.6 Å². The number of amides is 2. The van der Waals surface area contributed by atoms with E-state index in [1.807, 2.05) is 0 Å². The summed E-state index contributed by atoms with van der Waals surface area (Å²) in [4.78, 5) is 53.2. The first-order valence-electron chi connectivity index (χ1n) is 7.99. The quantitative estimate of drug-likeness (QED) is 0.143. The second-order valence-corrected chi connectivity index (χ2v) is 7.98. The van der Waals surface area contributed by atoms with E-state index in [-0.39, 0.29) is 22.3 Å². The van der Waals surface area contributed by atoms with Crippen LogP contribution in [0, 0.1) is 0 Å². The number of ether oxygens (including phenoxy) is 1. The molecule has 14 heteroatoms. The Bertz CT molecular complexity index is 959. The molecule has 0 spiro atoms. The smallest absolute Gasteiger partial charge is 0.352 e. The van der Waals surface area contributed by atoms with E-state index in [1.54, 1.807) is 0 Å². The zero-order valence-corrected chi connectivity index (χ0v) is 16.5. The summed E-state index contributed by atoms with van der Waals surface area (Å²) in [5.41, 5.74) is 3.05. The van der Waals surface area contributed by atoms with Crippen molar-refractivity contribution in [2.45, 2.75) is 17.8 Å². The first kappa shape index (κ1) is 20.6. The largest absolute Gasteiger partial charge is 0.477 e. The minimum Gasteiger partial charge on any atom is -0.477 e. The van der Waals surface area contributed by atoms with Crippen LogP contribution in [0.2, 0.25) is 0 Å². The topological polar surface area (TPSA) is 185 Å². The number of thioether (sulfide) groups is 1. The van der Waals surface area contributed by atoms with Gasteiger partial charge in [-0.3, -0.25) is 19.3 Å². The summed E-state index contributed by atoms with van der Waals surface area (Å²) in [6.07, 6.45) is 1.37. The number of oxime groups is 1. The molecule has 1 aromatic heterocycles. The van der Waals surface area contributed by atoms with Crippen molar-refractivity contribution in [2.24, 2.45) is 5.16 Å². The molecular weight excluding hydrogens is 426 g/mol. The highest BCUT2D eigenvalue weighted by molar-refractivity contribution is 8.00. The lowest BCUT2D eigenvalue weighted by Crippen LogP contribution is -2.81. The first-order chi connectivity index (χ1) is 13.7. The second-order valence-electron chi connectivity index (χ2n) is 5.98. The molecule has 154 valence electrons. The van der Waals surface area contributed by atoms with Crippen molar-refractivity contribution < 1.29 is 34.2 Å². The Kier molecular flexibility index (Phi) is 5.48. The normalized spacial score (nSPS) is 23.6. The number of fused-ring (bicyclic) bond motifs is 1. The molecule has 29 heavy (non-hydrogen) atoms. The van der Waals surface area contributed by atoms with Crippen molar-refractivity contribution in [2.75, 3.05) is 18.1 Å². The summed E-state index contributed by atoms with van der Waals surface area (Å²) in [5.74, 6) is -3.47. The number of carboxylic acid groups (broad SMARTS) is 1. The van der Waals surface area contributed by atoms with Crippen LogP contribution in [-0.2, 0) is 23.9 Å². The van der Waals surface area contributed by atoms with E-state index in [1.165, 1.54) is 23.2 Å². The maximum Gasteiger partial charge on any atom is 0.352 e. The molecule has 2 aliphatic heterocycles. The number of hydrogen-bond acceptors (Lipinski definition) is 11. The molecule has 0 aliphatic carbocycles. The highest BCUT2D eigenvalue weighted by atomic mass is 32.2. The third-order valence-corrected chi connectivity index (χ3v) is 6.15. The van der Waals surface area contributed by atoms with Gasteiger partial charge in [0.15, 0.2) is 16.4 Å². The number of thiazole rings is 1. The van der Waals surface area contributed by atoms with Gasteiger partial charge in [-0.1, -0.05) is 5.16 Å². The molecule has 1 saturated heterocycles. The Morgan fingerprint density at radius 2 is 2.24 bits per heavy atom. The fourth-order valence-electron chi connectivity index (χ4n) is 2.91. The molecule has 0 aromatic carbocycles. The van der Waals surface area contributed by atoms with Crippen LogP contribution in [0.5, 0.6) is 0 Å². The molecule has 1 aromatic rings. The van der Waals surface area contributed by atoms with E-state index in [9.17, 15) is 29.5 Å². The first-order valence-corrected chi connectivity index (χ1v) is 9.92. The molecular formula is C15H15N5O7S2. The highest BCUT2D eigenvalue weighted by Gasteiger charge is 2.65. The molecule has 12 nitrogen and oxygen atoms in total. The minimum atomic E-state index is -1.74. The number of nitrogens with one attached hydrogen (secondary N) is 1. The van der Waals surface area contributed by atoms with Gasteiger partial charge in [-0.25, -0.2) is 9.78 Å². The van der Waals surface area contributed by atoms with E-state index in [0.29, 0.717) is 0 Å². The van der Waals surface area contributed by atoms with Gasteiger partial charge in [0, 0.05) is 18.1 Å². The van der Waals surface area contributed by atoms with Crippen LogP contribution in [-0.4, -0.2) is 72.9 Å². The minimum absolute atomic E-state index is 0.0128. The maximum absolute atomic E-state index is 12.9. The van der Waals surface area contributed by atoms with Crippen LogP contribution < -0.4 is 11.1 Å². The third-order valence-electron chi connectivity index (χ3n) is 4.19. The summed E-state index contributed by atoms with van der Waals surface area (Å²) in [5, 5.41) is 24.6. The van der Waals surface area contributed by atoms with Crippen molar-refractivity contribution in [3.05, 3.63) is 22.8 Å².